The Kier molecular flexibility index (Phi) is 4.99. The third-order valence-electron chi connectivity index (χ3n) is 2.77. The van der Waals surface area contributed by atoms with Crippen molar-refractivity contribution in [3.63, 3.8) is 0 Å². The molecule has 1 atom stereocenters. The van der Waals surface area contributed by atoms with Gasteiger partial charge in [-0.3, -0.25) is 0 Å². The molecule has 0 radical (unpaired) electrons. The second-order valence-electron chi connectivity index (χ2n) is 4.89. The van der Waals surface area contributed by atoms with Gasteiger partial charge in [-0.1, -0.05) is 30.7 Å². The van der Waals surface area contributed by atoms with Gasteiger partial charge in [-0.25, -0.2) is 0 Å². The van der Waals surface area contributed by atoms with Crippen LogP contribution in [0.4, 0.5) is 0 Å². The summed E-state index contributed by atoms with van der Waals surface area (Å²) in [6.45, 7) is 6.69. The van der Waals surface area contributed by atoms with Gasteiger partial charge in [-0.2, -0.15) is 5.26 Å². The lowest BCUT2D eigenvalue weighted by Crippen LogP contribution is -2.31. The Morgan fingerprint density at radius 2 is 1.94 bits per heavy atom. The molecule has 17 heavy (non-hydrogen) atoms. The standard InChI is InChI=1S/C14H19ClN2/c1-4-13(17-10-14(2,3)9-16)11-5-7-12(15)8-6-11/h5-8,13,17H,4,10H2,1-3H3. The van der Waals surface area contributed by atoms with Crippen LogP contribution in [0.2, 0.25) is 5.02 Å². The normalized spacial score (nSPS) is 13.1. The van der Waals surface area contributed by atoms with Crippen molar-refractivity contribution in [3.8, 4) is 6.07 Å². The lowest BCUT2D eigenvalue weighted by Gasteiger charge is -2.22. The van der Waals surface area contributed by atoms with Gasteiger partial charge in [-0.05, 0) is 38.0 Å². The van der Waals surface area contributed by atoms with Crippen molar-refractivity contribution >= 4 is 11.6 Å². The summed E-state index contributed by atoms with van der Waals surface area (Å²) in [5, 5.41) is 13.2. The van der Waals surface area contributed by atoms with E-state index in [2.05, 4.69) is 18.3 Å². The Morgan fingerprint density at radius 3 is 2.41 bits per heavy atom. The third kappa shape index (κ3) is 4.38. The molecule has 1 aromatic rings. The Labute approximate surface area is 109 Å². The molecule has 0 fully saturated rings. The summed E-state index contributed by atoms with van der Waals surface area (Å²) in [5.41, 5.74) is 0.880. The first-order chi connectivity index (χ1) is 7.98. The molecule has 92 valence electrons. The summed E-state index contributed by atoms with van der Waals surface area (Å²) in [7, 11) is 0. The lowest BCUT2D eigenvalue weighted by molar-refractivity contribution is 0.398. The van der Waals surface area contributed by atoms with Gasteiger partial charge in [0.1, 0.15) is 0 Å². The van der Waals surface area contributed by atoms with Crippen molar-refractivity contribution in [3.05, 3.63) is 34.9 Å². The van der Waals surface area contributed by atoms with E-state index in [1.165, 1.54) is 5.56 Å². The van der Waals surface area contributed by atoms with Crippen LogP contribution in [0.3, 0.4) is 0 Å². The quantitative estimate of drug-likeness (QED) is 0.860. The summed E-state index contributed by atoms with van der Waals surface area (Å²) in [4.78, 5) is 0. The first-order valence-electron chi connectivity index (χ1n) is 5.88. The highest BCUT2D eigenvalue weighted by Crippen LogP contribution is 2.21. The van der Waals surface area contributed by atoms with Crippen LogP contribution in [0.15, 0.2) is 24.3 Å². The van der Waals surface area contributed by atoms with Crippen molar-refractivity contribution in [2.45, 2.75) is 33.2 Å². The molecule has 1 rings (SSSR count). The highest BCUT2D eigenvalue weighted by molar-refractivity contribution is 6.30. The average molecular weight is 251 g/mol. The molecule has 0 aliphatic rings. The molecule has 1 unspecified atom stereocenters. The fourth-order valence-electron chi connectivity index (χ4n) is 1.61. The van der Waals surface area contributed by atoms with Gasteiger partial charge < -0.3 is 5.32 Å². The number of nitrogens with zero attached hydrogens (tertiary/aromatic N) is 1. The van der Waals surface area contributed by atoms with E-state index in [9.17, 15) is 0 Å². The zero-order valence-corrected chi connectivity index (χ0v) is 11.4. The highest BCUT2D eigenvalue weighted by Gasteiger charge is 2.18. The largest absolute Gasteiger partial charge is 0.308 e. The molecule has 0 aliphatic carbocycles. The minimum Gasteiger partial charge on any atom is -0.308 e. The van der Waals surface area contributed by atoms with E-state index in [-0.39, 0.29) is 11.5 Å². The van der Waals surface area contributed by atoms with Gasteiger partial charge in [0, 0.05) is 17.6 Å². The van der Waals surface area contributed by atoms with Gasteiger partial charge in [0.25, 0.3) is 0 Å². The minimum absolute atomic E-state index is 0.278. The average Bonchev–Trinajstić information content (AvgIpc) is 2.32. The van der Waals surface area contributed by atoms with Crippen molar-refractivity contribution in [1.29, 1.82) is 5.26 Å². The SMILES string of the molecule is CCC(NCC(C)(C)C#N)c1ccc(Cl)cc1. The number of hydrogen-bond acceptors (Lipinski definition) is 2. The van der Waals surface area contributed by atoms with Gasteiger partial charge in [0.05, 0.1) is 11.5 Å². The van der Waals surface area contributed by atoms with E-state index in [0.29, 0.717) is 6.54 Å². The van der Waals surface area contributed by atoms with E-state index >= 15 is 0 Å². The number of nitriles is 1. The smallest absolute Gasteiger partial charge is 0.0697 e. The fourth-order valence-corrected chi connectivity index (χ4v) is 1.74. The number of rotatable bonds is 5. The number of halogens is 1. The fraction of sp³-hybridized carbons (Fsp3) is 0.500. The van der Waals surface area contributed by atoms with Crippen molar-refractivity contribution < 1.29 is 0 Å². The van der Waals surface area contributed by atoms with Crippen LogP contribution in [0.25, 0.3) is 0 Å². The molecule has 0 aromatic heterocycles. The van der Waals surface area contributed by atoms with Crippen LogP contribution < -0.4 is 5.32 Å². The maximum Gasteiger partial charge on any atom is 0.0697 e. The second-order valence-corrected chi connectivity index (χ2v) is 5.33. The molecule has 2 nitrogen and oxygen atoms in total. The van der Waals surface area contributed by atoms with Crippen molar-refractivity contribution in [2.75, 3.05) is 6.54 Å². The Balaban J connectivity index is 2.67. The molecule has 1 N–H and O–H groups in total. The summed E-state index contributed by atoms with van der Waals surface area (Å²) in [5.74, 6) is 0. The van der Waals surface area contributed by atoms with E-state index in [4.69, 9.17) is 16.9 Å². The Bertz CT molecular complexity index is 390. The molecule has 3 heteroatoms. The third-order valence-corrected chi connectivity index (χ3v) is 3.03. The Hall–Kier alpha value is -1.04. The minimum atomic E-state index is -0.333. The molecule has 0 aliphatic heterocycles. The molecule has 0 bridgehead atoms. The maximum atomic E-state index is 8.98. The highest BCUT2D eigenvalue weighted by atomic mass is 35.5. The van der Waals surface area contributed by atoms with Crippen LogP contribution in [-0.4, -0.2) is 6.54 Å². The molecule has 0 saturated heterocycles. The predicted molar refractivity (Wildman–Crippen MR) is 71.9 cm³/mol. The zero-order chi connectivity index (χ0) is 12.9. The van der Waals surface area contributed by atoms with Gasteiger partial charge >= 0.3 is 0 Å². The summed E-state index contributed by atoms with van der Waals surface area (Å²) >= 11 is 5.87. The van der Waals surface area contributed by atoms with Gasteiger partial charge in [-0.15, -0.1) is 0 Å². The van der Waals surface area contributed by atoms with Crippen LogP contribution in [0.1, 0.15) is 38.8 Å². The van der Waals surface area contributed by atoms with Crippen LogP contribution in [-0.2, 0) is 0 Å². The molecule has 1 aromatic carbocycles. The maximum absolute atomic E-state index is 8.98. The van der Waals surface area contributed by atoms with E-state index in [1.54, 1.807) is 0 Å². The molecule has 0 saturated carbocycles. The predicted octanol–water partition coefficient (Wildman–Crippen LogP) is 3.93. The van der Waals surface area contributed by atoms with Crippen LogP contribution in [0.5, 0.6) is 0 Å². The molecule has 0 spiro atoms. The molecule has 0 heterocycles. The zero-order valence-electron chi connectivity index (χ0n) is 10.6. The Morgan fingerprint density at radius 1 is 1.35 bits per heavy atom. The number of hydrogen-bond donors (Lipinski definition) is 1. The van der Waals surface area contributed by atoms with E-state index in [1.807, 2.05) is 38.1 Å². The summed E-state index contributed by atoms with van der Waals surface area (Å²) < 4.78 is 0. The number of nitrogens with one attached hydrogen (secondary N) is 1. The van der Waals surface area contributed by atoms with Crippen molar-refractivity contribution in [2.24, 2.45) is 5.41 Å². The molecular weight excluding hydrogens is 232 g/mol. The molecular formula is C14H19ClN2. The summed E-state index contributed by atoms with van der Waals surface area (Å²) in [6.07, 6.45) is 0.989. The van der Waals surface area contributed by atoms with Gasteiger partial charge in [0.15, 0.2) is 0 Å². The van der Waals surface area contributed by atoms with E-state index in [0.717, 1.165) is 11.4 Å². The lowest BCUT2D eigenvalue weighted by atomic mass is 9.94. The first kappa shape index (κ1) is 14.0. The molecule has 0 amide bonds. The number of benzene rings is 1. The van der Waals surface area contributed by atoms with Crippen LogP contribution >= 0.6 is 11.6 Å². The van der Waals surface area contributed by atoms with Gasteiger partial charge in [0.2, 0.25) is 0 Å². The van der Waals surface area contributed by atoms with Crippen molar-refractivity contribution in [1.82, 2.24) is 5.32 Å². The first-order valence-corrected chi connectivity index (χ1v) is 6.26. The monoisotopic (exact) mass is 250 g/mol. The topological polar surface area (TPSA) is 35.8 Å². The second kappa shape index (κ2) is 6.05. The summed E-state index contributed by atoms with van der Waals surface area (Å²) in [6, 6.07) is 10.4. The van der Waals surface area contributed by atoms with E-state index < -0.39 is 0 Å². The van der Waals surface area contributed by atoms with Crippen LogP contribution in [0, 0.1) is 16.7 Å².